The second kappa shape index (κ2) is 4.49. The average Bonchev–Trinajstić information content (AvgIpc) is 2.66. The van der Waals surface area contributed by atoms with Gasteiger partial charge in [-0.25, -0.2) is 4.98 Å². The Labute approximate surface area is 98.6 Å². The van der Waals surface area contributed by atoms with Crippen LogP contribution in [-0.2, 0) is 4.74 Å². The first-order valence-electron chi connectivity index (χ1n) is 5.10. The number of rotatable bonds is 2. The van der Waals surface area contributed by atoms with Crippen LogP contribution in [-0.4, -0.2) is 31.3 Å². The van der Waals surface area contributed by atoms with Crippen molar-refractivity contribution >= 4 is 21.7 Å². The summed E-state index contributed by atoms with van der Waals surface area (Å²) in [6.07, 6.45) is 3.30. The van der Waals surface area contributed by atoms with Crippen LogP contribution < -0.4 is 4.90 Å². The smallest absolute Gasteiger partial charge is 0.131 e. The molecule has 15 heavy (non-hydrogen) atoms. The third-order valence-corrected chi connectivity index (χ3v) is 3.23. The minimum atomic E-state index is 0.356. The van der Waals surface area contributed by atoms with E-state index in [0.717, 1.165) is 29.8 Å². The van der Waals surface area contributed by atoms with Crippen molar-refractivity contribution in [3.8, 4) is 0 Å². The number of ether oxygens (including phenoxy) is 1. The van der Waals surface area contributed by atoms with Crippen LogP contribution in [0.3, 0.4) is 0 Å². The molecule has 1 saturated heterocycles. The van der Waals surface area contributed by atoms with E-state index in [1.807, 2.05) is 6.20 Å². The number of nitrogens with zero attached hydrogens (tertiary/aromatic N) is 2. The maximum absolute atomic E-state index is 5.35. The summed E-state index contributed by atoms with van der Waals surface area (Å²) in [5.41, 5.74) is 1.21. The molecular weight excluding hydrogens is 256 g/mol. The number of methoxy groups -OCH3 is 1. The number of hydrogen-bond donors (Lipinski definition) is 0. The molecule has 0 saturated carbocycles. The zero-order valence-electron chi connectivity index (χ0n) is 9.03. The minimum absolute atomic E-state index is 0.356. The fraction of sp³-hybridized carbons (Fsp3) is 0.545. The van der Waals surface area contributed by atoms with Crippen molar-refractivity contribution in [3.63, 3.8) is 0 Å². The number of aryl methyl sites for hydroxylation is 1. The maximum atomic E-state index is 5.35. The Bertz CT molecular complexity index is 356. The highest BCUT2D eigenvalue weighted by atomic mass is 79.9. The highest BCUT2D eigenvalue weighted by Gasteiger charge is 2.23. The normalized spacial score (nSPS) is 21.0. The highest BCUT2D eigenvalue weighted by Crippen LogP contribution is 2.24. The second-order valence-electron chi connectivity index (χ2n) is 3.89. The van der Waals surface area contributed by atoms with E-state index in [-0.39, 0.29) is 0 Å². The molecule has 0 radical (unpaired) electrons. The predicted octanol–water partition coefficient (Wildman–Crippen LogP) is 2.38. The van der Waals surface area contributed by atoms with Gasteiger partial charge in [0.15, 0.2) is 0 Å². The number of hydrogen-bond acceptors (Lipinski definition) is 3. The number of aromatic nitrogens is 1. The summed E-state index contributed by atoms with van der Waals surface area (Å²) in [6, 6.07) is 2.10. The largest absolute Gasteiger partial charge is 0.380 e. The van der Waals surface area contributed by atoms with E-state index < -0.39 is 0 Å². The first kappa shape index (κ1) is 10.9. The Morgan fingerprint density at radius 1 is 1.60 bits per heavy atom. The van der Waals surface area contributed by atoms with Crippen molar-refractivity contribution < 1.29 is 4.74 Å². The molecule has 1 aliphatic heterocycles. The molecule has 4 heteroatoms. The van der Waals surface area contributed by atoms with Crippen molar-refractivity contribution in [1.29, 1.82) is 0 Å². The van der Waals surface area contributed by atoms with Gasteiger partial charge in [0.05, 0.1) is 6.10 Å². The summed E-state index contributed by atoms with van der Waals surface area (Å²) in [5.74, 6) is 1.08. The molecule has 1 atom stereocenters. The molecule has 0 bridgehead atoms. The van der Waals surface area contributed by atoms with Crippen molar-refractivity contribution in [2.24, 2.45) is 0 Å². The number of halogens is 1. The third-order valence-electron chi connectivity index (χ3n) is 2.80. The first-order valence-corrected chi connectivity index (χ1v) is 5.90. The van der Waals surface area contributed by atoms with Gasteiger partial charge in [-0.3, -0.25) is 0 Å². The fourth-order valence-electron chi connectivity index (χ4n) is 1.98. The molecule has 2 rings (SSSR count). The molecule has 0 spiro atoms. The number of anilines is 1. The molecular formula is C11H15BrN2O. The van der Waals surface area contributed by atoms with Gasteiger partial charge in [-0.1, -0.05) is 0 Å². The molecule has 1 fully saturated rings. The lowest BCUT2D eigenvalue weighted by molar-refractivity contribution is 0.121. The zero-order valence-corrected chi connectivity index (χ0v) is 10.6. The van der Waals surface area contributed by atoms with E-state index in [0.29, 0.717) is 6.10 Å². The van der Waals surface area contributed by atoms with Crippen molar-refractivity contribution in [3.05, 3.63) is 22.3 Å². The topological polar surface area (TPSA) is 25.4 Å². The van der Waals surface area contributed by atoms with E-state index in [9.17, 15) is 0 Å². The molecule has 0 unspecified atom stereocenters. The van der Waals surface area contributed by atoms with Gasteiger partial charge in [0.2, 0.25) is 0 Å². The van der Waals surface area contributed by atoms with Gasteiger partial charge in [-0.2, -0.15) is 0 Å². The quantitative estimate of drug-likeness (QED) is 0.825. The lowest BCUT2D eigenvalue weighted by Crippen LogP contribution is -2.23. The molecule has 3 nitrogen and oxygen atoms in total. The standard InChI is InChI=1S/C11H15BrN2O/c1-8-5-9(12)6-13-11(8)14-4-3-10(7-14)15-2/h5-6,10H,3-4,7H2,1-2H3/t10-/m0/s1. The summed E-state index contributed by atoms with van der Waals surface area (Å²) in [5, 5.41) is 0. The third kappa shape index (κ3) is 2.32. The minimum Gasteiger partial charge on any atom is -0.380 e. The van der Waals surface area contributed by atoms with Gasteiger partial charge in [-0.05, 0) is 40.9 Å². The van der Waals surface area contributed by atoms with Gasteiger partial charge < -0.3 is 9.64 Å². The molecule has 0 aliphatic carbocycles. The molecule has 0 aromatic carbocycles. The summed E-state index contributed by atoms with van der Waals surface area (Å²) in [6.45, 7) is 4.08. The molecule has 0 N–H and O–H groups in total. The van der Waals surface area contributed by atoms with E-state index in [4.69, 9.17) is 4.74 Å². The van der Waals surface area contributed by atoms with E-state index >= 15 is 0 Å². The van der Waals surface area contributed by atoms with Crippen LogP contribution in [0.1, 0.15) is 12.0 Å². The van der Waals surface area contributed by atoms with Crippen molar-refractivity contribution in [2.45, 2.75) is 19.4 Å². The van der Waals surface area contributed by atoms with E-state index in [1.165, 1.54) is 5.56 Å². The van der Waals surface area contributed by atoms with Crippen molar-refractivity contribution in [1.82, 2.24) is 4.98 Å². The summed E-state index contributed by atoms with van der Waals surface area (Å²) >= 11 is 3.42. The monoisotopic (exact) mass is 270 g/mol. The van der Waals surface area contributed by atoms with Gasteiger partial charge >= 0.3 is 0 Å². The van der Waals surface area contributed by atoms with E-state index in [2.05, 4.69) is 38.8 Å². The molecule has 0 amide bonds. The molecule has 1 aromatic heterocycles. The summed E-state index contributed by atoms with van der Waals surface area (Å²) < 4.78 is 6.38. The molecule has 2 heterocycles. The summed E-state index contributed by atoms with van der Waals surface area (Å²) in [4.78, 5) is 6.74. The van der Waals surface area contributed by atoms with Crippen LogP contribution in [0.15, 0.2) is 16.7 Å². The van der Waals surface area contributed by atoms with Crippen LogP contribution in [0.2, 0.25) is 0 Å². The van der Waals surface area contributed by atoms with Gasteiger partial charge in [0.25, 0.3) is 0 Å². The van der Waals surface area contributed by atoms with Gasteiger partial charge in [0, 0.05) is 30.9 Å². The molecule has 1 aromatic rings. The van der Waals surface area contributed by atoms with Crippen LogP contribution in [0.4, 0.5) is 5.82 Å². The first-order chi connectivity index (χ1) is 7.20. The zero-order chi connectivity index (χ0) is 10.8. The Morgan fingerprint density at radius 2 is 2.40 bits per heavy atom. The molecule has 82 valence electrons. The lowest BCUT2D eigenvalue weighted by Gasteiger charge is -2.19. The Kier molecular flexibility index (Phi) is 3.26. The van der Waals surface area contributed by atoms with Crippen LogP contribution in [0, 0.1) is 6.92 Å². The number of pyridine rings is 1. The van der Waals surface area contributed by atoms with Gasteiger partial charge in [0.1, 0.15) is 5.82 Å². The molecule has 1 aliphatic rings. The average molecular weight is 271 g/mol. The Balaban J connectivity index is 2.17. The SMILES string of the molecule is CO[C@H]1CCN(c2ncc(Br)cc2C)C1. The van der Waals surface area contributed by atoms with Crippen LogP contribution in [0.5, 0.6) is 0 Å². The van der Waals surface area contributed by atoms with Crippen molar-refractivity contribution in [2.75, 3.05) is 25.1 Å². The van der Waals surface area contributed by atoms with Gasteiger partial charge in [-0.15, -0.1) is 0 Å². The maximum Gasteiger partial charge on any atom is 0.131 e. The van der Waals surface area contributed by atoms with Crippen LogP contribution >= 0.6 is 15.9 Å². The fourth-order valence-corrected chi connectivity index (χ4v) is 2.42. The van der Waals surface area contributed by atoms with Crippen LogP contribution in [0.25, 0.3) is 0 Å². The predicted molar refractivity (Wildman–Crippen MR) is 64.3 cm³/mol. The Morgan fingerprint density at radius 3 is 3.00 bits per heavy atom. The van der Waals surface area contributed by atoms with E-state index in [1.54, 1.807) is 7.11 Å². The lowest BCUT2D eigenvalue weighted by atomic mass is 10.3. The second-order valence-corrected chi connectivity index (χ2v) is 4.80. The Hall–Kier alpha value is -0.610. The summed E-state index contributed by atoms with van der Waals surface area (Å²) in [7, 11) is 1.77. The highest BCUT2D eigenvalue weighted by molar-refractivity contribution is 9.10.